The molecule has 0 aromatic heterocycles. The third kappa shape index (κ3) is 4.51. The highest BCUT2D eigenvalue weighted by atomic mass is 19.1. The summed E-state index contributed by atoms with van der Waals surface area (Å²) >= 11 is 0. The summed E-state index contributed by atoms with van der Waals surface area (Å²) in [6.45, 7) is 4.96. The number of carbonyl (C=O) groups excluding carboxylic acids is 1. The van der Waals surface area contributed by atoms with Crippen molar-refractivity contribution in [2.24, 2.45) is 5.73 Å². The first-order chi connectivity index (χ1) is 10.2. The predicted octanol–water partition coefficient (Wildman–Crippen LogP) is 1.71. The molecule has 1 saturated heterocycles. The standard InChI is InChI=1S/C16H24FN3O/c17-15-7-2-1-6-14(15)16(21)20-11-5-10-19(12-13-20)9-4-3-8-18/h1-2,6-7H,3-5,8-13,18H2. The fourth-order valence-electron chi connectivity index (χ4n) is 2.68. The molecule has 0 unspecified atom stereocenters. The van der Waals surface area contributed by atoms with E-state index in [0.717, 1.165) is 45.4 Å². The Kier molecular flexibility index (Phi) is 6.14. The number of nitrogens with zero attached hydrogens (tertiary/aromatic N) is 2. The average Bonchev–Trinajstić information content (AvgIpc) is 2.73. The molecular weight excluding hydrogens is 269 g/mol. The van der Waals surface area contributed by atoms with Crippen molar-refractivity contribution in [2.45, 2.75) is 19.3 Å². The van der Waals surface area contributed by atoms with Gasteiger partial charge in [-0.1, -0.05) is 12.1 Å². The SMILES string of the molecule is NCCCCN1CCCN(C(=O)c2ccccc2F)CC1. The summed E-state index contributed by atoms with van der Waals surface area (Å²) < 4.78 is 13.7. The zero-order chi connectivity index (χ0) is 15.1. The van der Waals surface area contributed by atoms with Crippen LogP contribution in [0.1, 0.15) is 29.6 Å². The summed E-state index contributed by atoms with van der Waals surface area (Å²) in [6.07, 6.45) is 3.06. The van der Waals surface area contributed by atoms with Gasteiger partial charge in [0.05, 0.1) is 5.56 Å². The molecule has 0 radical (unpaired) electrons. The summed E-state index contributed by atoms with van der Waals surface area (Å²) in [5.41, 5.74) is 5.68. The van der Waals surface area contributed by atoms with Crippen molar-refractivity contribution in [1.82, 2.24) is 9.80 Å². The van der Waals surface area contributed by atoms with Crippen LogP contribution in [0.4, 0.5) is 4.39 Å². The fraction of sp³-hybridized carbons (Fsp3) is 0.562. The molecule has 21 heavy (non-hydrogen) atoms. The van der Waals surface area contributed by atoms with Gasteiger partial charge in [-0.15, -0.1) is 0 Å². The lowest BCUT2D eigenvalue weighted by Crippen LogP contribution is -2.35. The minimum Gasteiger partial charge on any atom is -0.337 e. The molecular formula is C16H24FN3O. The number of hydrogen-bond donors (Lipinski definition) is 1. The Morgan fingerprint density at radius 2 is 1.95 bits per heavy atom. The number of halogens is 1. The maximum atomic E-state index is 13.7. The molecule has 0 aliphatic carbocycles. The summed E-state index contributed by atoms with van der Waals surface area (Å²) in [5.74, 6) is -0.636. The quantitative estimate of drug-likeness (QED) is 0.841. The van der Waals surface area contributed by atoms with E-state index >= 15 is 0 Å². The highest BCUT2D eigenvalue weighted by Gasteiger charge is 2.21. The largest absolute Gasteiger partial charge is 0.337 e. The van der Waals surface area contributed by atoms with Gasteiger partial charge in [-0.2, -0.15) is 0 Å². The Morgan fingerprint density at radius 1 is 1.14 bits per heavy atom. The lowest BCUT2D eigenvalue weighted by atomic mass is 10.2. The van der Waals surface area contributed by atoms with Crippen molar-refractivity contribution in [1.29, 1.82) is 0 Å². The van der Waals surface area contributed by atoms with Crippen LogP contribution in [0.25, 0.3) is 0 Å². The van der Waals surface area contributed by atoms with Crippen LogP contribution in [-0.4, -0.2) is 55.0 Å². The van der Waals surface area contributed by atoms with Crippen LogP contribution in [0, 0.1) is 5.82 Å². The van der Waals surface area contributed by atoms with Gasteiger partial charge in [-0.05, 0) is 51.0 Å². The van der Waals surface area contributed by atoms with Crippen LogP contribution < -0.4 is 5.73 Å². The van der Waals surface area contributed by atoms with Gasteiger partial charge in [-0.3, -0.25) is 4.79 Å². The molecule has 0 saturated carbocycles. The first-order valence-corrected chi connectivity index (χ1v) is 7.68. The number of amides is 1. The summed E-state index contributed by atoms with van der Waals surface area (Å²) in [6, 6.07) is 6.20. The van der Waals surface area contributed by atoms with Crippen LogP contribution in [0.5, 0.6) is 0 Å². The van der Waals surface area contributed by atoms with Gasteiger partial charge in [0.2, 0.25) is 0 Å². The molecule has 2 rings (SSSR count). The molecule has 2 N–H and O–H groups in total. The van der Waals surface area contributed by atoms with Crippen LogP contribution in [-0.2, 0) is 0 Å². The first-order valence-electron chi connectivity index (χ1n) is 7.68. The molecule has 1 aromatic rings. The molecule has 1 fully saturated rings. The normalized spacial score (nSPS) is 16.8. The number of rotatable bonds is 5. The zero-order valence-electron chi connectivity index (χ0n) is 12.4. The van der Waals surface area contributed by atoms with Gasteiger partial charge in [0.1, 0.15) is 5.82 Å². The Morgan fingerprint density at radius 3 is 2.71 bits per heavy atom. The van der Waals surface area contributed by atoms with Crippen molar-refractivity contribution in [2.75, 3.05) is 39.3 Å². The second-order valence-electron chi connectivity index (χ2n) is 5.46. The number of carbonyl (C=O) groups is 1. The van der Waals surface area contributed by atoms with E-state index in [4.69, 9.17) is 5.73 Å². The van der Waals surface area contributed by atoms with E-state index in [2.05, 4.69) is 4.90 Å². The summed E-state index contributed by atoms with van der Waals surface area (Å²) in [5, 5.41) is 0. The molecule has 1 aliphatic rings. The number of unbranched alkanes of at least 4 members (excludes halogenated alkanes) is 1. The van der Waals surface area contributed by atoms with Crippen LogP contribution in [0.2, 0.25) is 0 Å². The molecule has 1 heterocycles. The second kappa shape index (κ2) is 8.10. The topological polar surface area (TPSA) is 49.6 Å². The molecule has 1 aliphatic heterocycles. The molecule has 1 aromatic carbocycles. The van der Waals surface area contributed by atoms with E-state index in [-0.39, 0.29) is 11.5 Å². The van der Waals surface area contributed by atoms with Gasteiger partial charge >= 0.3 is 0 Å². The minimum atomic E-state index is -0.438. The number of hydrogen-bond acceptors (Lipinski definition) is 3. The van der Waals surface area contributed by atoms with E-state index in [1.54, 1.807) is 23.1 Å². The van der Waals surface area contributed by atoms with E-state index < -0.39 is 5.82 Å². The lowest BCUT2D eigenvalue weighted by Gasteiger charge is -2.22. The highest BCUT2D eigenvalue weighted by Crippen LogP contribution is 2.12. The minimum absolute atomic E-state index is 0.175. The second-order valence-corrected chi connectivity index (χ2v) is 5.46. The maximum absolute atomic E-state index is 13.7. The van der Waals surface area contributed by atoms with Crippen molar-refractivity contribution >= 4 is 5.91 Å². The fourth-order valence-corrected chi connectivity index (χ4v) is 2.68. The van der Waals surface area contributed by atoms with Crippen LogP contribution >= 0.6 is 0 Å². The van der Waals surface area contributed by atoms with Crippen molar-refractivity contribution in [3.8, 4) is 0 Å². The predicted molar refractivity (Wildman–Crippen MR) is 81.6 cm³/mol. The summed E-state index contributed by atoms with van der Waals surface area (Å²) in [7, 11) is 0. The van der Waals surface area contributed by atoms with Gasteiger partial charge in [0.25, 0.3) is 5.91 Å². The van der Waals surface area contributed by atoms with Gasteiger partial charge in [0.15, 0.2) is 0 Å². The van der Waals surface area contributed by atoms with Gasteiger partial charge in [0, 0.05) is 19.6 Å². The highest BCUT2D eigenvalue weighted by molar-refractivity contribution is 5.94. The Labute approximate surface area is 125 Å². The van der Waals surface area contributed by atoms with Crippen molar-refractivity contribution in [3.05, 3.63) is 35.6 Å². The maximum Gasteiger partial charge on any atom is 0.256 e. The molecule has 116 valence electrons. The monoisotopic (exact) mass is 293 g/mol. The third-order valence-electron chi connectivity index (χ3n) is 3.91. The number of nitrogens with two attached hydrogens (primary N) is 1. The molecule has 4 nitrogen and oxygen atoms in total. The van der Waals surface area contributed by atoms with Gasteiger partial charge < -0.3 is 15.5 Å². The Balaban J connectivity index is 1.90. The molecule has 0 spiro atoms. The third-order valence-corrected chi connectivity index (χ3v) is 3.91. The molecule has 0 bridgehead atoms. The van der Waals surface area contributed by atoms with E-state index in [1.807, 2.05) is 0 Å². The smallest absolute Gasteiger partial charge is 0.256 e. The first kappa shape index (κ1) is 15.9. The molecule has 0 atom stereocenters. The lowest BCUT2D eigenvalue weighted by molar-refractivity contribution is 0.0756. The zero-order valence-corrected chi connectivity index (χ0v) is 12.4. The van der Waals surface area contributed by atoms with Crippen molar-refractivity contribution in [3.63, 3.8) is 0 Å². The van der Waals surface area contributed by atoms with E-state index in [1.165, 1.54) is 6.07 Å². The summed E-state index contributed by atoms with van der Waals surface area (Å²) in [4.78, 5) is 16.5. The Bertz CT molecular complexity index is 467. The van der Waals surface area contributed by atoms with Crippen LogP contribution in [0.3, 0.4) is 0 Å². The number of benzene rings is 1. The van der Waals surface area contributed by atoms with Crippen molar-refractivity contribution < 1.29 is 9.18 Å². The van der Waals surface area contributed by atoms with Gasteiger partial charge in [-0.25, -0.2) is 4.39 Å². The average molecular weight is 293 g/mol. The van der Waals surface area contributed by atoms with E-state index in [9.17, 15) is 9.18 Å². The molecule has 1 amide bonds. The molecule has 5 heteroatoms. The van der Waals surface area contributed by atoms with Crippen LogP contribution in [0.15, 0.2) is 24.3 Å². The Hall–Kier alpha value is -1.46. The van der Waals surface area contributed by atoms with E-state index in [0.29, 0.717) is 13.1 Å².